The van der Waals surface area contributed by atoms with Gasteiger partial charge in [0.1, 0.15) is 5.82 Å². The number of hydrogen-bond donors (Lipinski definition) is 0. The van der Waals surface area contributed by atoms with E-state index in [1.807, 2.05) is 0 Å². The van der Waals surface area contributed by atoms with Crippen molar-refractivity contribution in [3.05, 3.63) is 217 Å². The molecule has 3 nitrogen and oxygen atoms in total. The molecule has 1 aliphatic rings. The smallest absolute Gasteiger partial charge is 0.129 e. The van der Waals surface area contributed by atoms with Gasteiger partial charge in [0.15, 0.2) is 0 Å². The molecule has 0 radical (unpaired) electrons. The van der Waals surface area contributed by atoms with E-state index < -0.39 is 5.41 Å². The fourth-order valence-electron chi connectivity index (χ4n) is 8.12. The zero-order valence-corrected chi connectivity index (χ0v) is 28.6. The van der Waals surface area contributed by atoms with Crippen molar-refractivity contribution in [2.45, 2.75) is 11.8 Å². The molecule has 0 saturated carbocycles. The standard InChI is InChI=1S/C49H35N3/c1-3-13-39(14-4-1)49(48-50-44-19-9-12-22-47(44)52(48)40-15-5-2-6-16-40)33-31-38(32-34-49)36-25-23-35(24-26-36)37-27-29-41(30-28-37)51-45-20-10-7-17-42(45)43-18-8-11-21-46(43)51/h1-33H,34H2. The molecule has 9 aromatic rings. The molecule has 0 spiro atoms. The fraction of sp³-hybridized carbons (Fsp3) is 0.0408. The molecule has 0 saturated heterocycles. The van der Waals surface area contributed by atoms with Crippen LogP contribution in [0, 0.1) is 0 Å². The highest BCUT2D eigenvalue weighted by Crippen LogP contribution is 2.44. The highest BCUT2D eigenvalue weighted by molar-refractivity contribution is 6.09. The normalized spacial score (nSPS) is 15.7. The van der Waals surface area contributed by atoms with Crippen molar-refractivity contribution in [1.82, 2.24) is 14.1 Å². The van der Waals surface area contributed by atoms with E-state index in [1.165, 1.54) is 49.6 Å². The van der Waals surface area contributed by atoms with Crippen LogP contribution in [-0.2, 0) is 5.41 Å². The second-order valence-electron chi connectivity index (χ2n) is 13.6. The van der Waals surface area contributed by atoms with Crippen LogP contribution < -0.4 is 0 Å². The third kappa shape index (κ3) is 4.85. The molecule has 0 bridgehead atoms. The first kappa shape index (κ1) is 30.1. The number of hydrogen-bond acceptors (Lipinski definition) is 1. The van der Waals surface area contributed by atoms with E-state index >= 15 is 0 Å². The summed E-state index contributed by atoms with van der Waals surface area (Å²) in [5.41, 5.74) is 12.5. The topological polar surface area (TPSA) is 22.8 Å². The molecular weight excluding hydrogens is 631 g/mol. The van der Waals surface area contributed by atoms with Crippen LogP contribution in [0.5, 0.6) is 0 Å². The van der Waals surface area contributed by atoms with E-state index in [0.29, 0.717) is 0 Å². The van der Waals surface area contributed by atoms with Crippen LogP contribution in [-0.4, -0.2) is 14.1 Å². The molecule has 1 unspecified atom stereocenters. The van der Waals surface area contributed by atoms with Gasteiger partial charge in [-0.15, -0.1) is 0 Å². The van der Waals surface area contributed by atoms with Crippen molar-refractivity contribution in [2.75, 3.05) is 0 Å². The monoisotopic (exact) mass is 665 g/mol. The Hall–Kier alpha value is -6.71. The molecule has 2 heterocycles. The lowest BCUT2D eigenvalue weighted by Crippen LogP contribution is -2.30. The van der Waals surface area contributed by atoms with Gasteiger partial charge in [-0.05, 0) is 82.8 Å². The number of para-hydroxylation sites is 5. The number of nitrogens with zero attached hydrogens (tertiary/aromatic N) is 3. The third-order valence-electron chi connectivity index (χ3n) is 10.7. The molecule has 10 rings (SSSR count). The van der Waals surface area contributed by atoms with Gasteiger partial charge >= 0.3 is 0 Å². The van der Waals surface area contributed by atoms with Crippen LogP contribution in [0.1, 0.15) is 23.4 Å². The van der Waals surface area contributed by atoms with E-state index in [-0.39, 0.29) is 0 Å². The van der Waals surface area contributed by atoms with Gasteiger partial charge in [0.2, 0.25) is 0 Å². The van der Waals surface area contributed by atoms with E-state index in [9.17, 15) is 0 Å². The van der Waals surface area contributed by atoms with Gasteiger partial charge in [-0.3, -0.25) is 4.57 Å². The first-order valence-electron chi connectivity index (χ1n) is 17.9. The molecule has 1 aliphatic carbocycles. The van der Waals surface area contributed by atoms with Gasteiger partial charge in [0.25, 0.3) is 0 Å². The largest absolute Gasteiger partial charge is 0.309 e. The van der Waals surface area contributed by atoms with Crippen molar-refractivity contribution < 1.29 is 0 Å². The van der Waals surface area contributed by atoms with E-state index in [4.69, 9.17) is 4.98 Å². The highest BCUT2D eigenvalue weighted by atomic mass is 15.1. The Kier molecular flexibility index (Phi) is 7.10. The molecule has 0 amide bonds. The summed E-state index contributed by atoms with van der Waals surface area (Å²) in [7, 11) is 0. The van der Waals surface area contributed by atoms with E-state index in [1.54, 1.807) is 0 Å². The zero-order chi connectivity index (χ0) is 34.5. The number of allylic oxidation sites excluding steroid dienone is 4. The fourth-order valence-corrected chi connectivity index (χ4v) is 8.12. The minimum absolute atomic E-state index is 0.433. The van der Waals surface area contributed by atoms with E-state index in [0.717, 1.165) is 34.7 Å². The van der Waals surface area contributed by atoms with Gasteiger partial charge in [0, 0.05) is 22.1 Å². The zero-order valence-electron chi connectivity index (χ0n) is 28.6. The molecule has 3 heteroatoms. The Balaban J connectivity index is 0.980. The molecule has 52 heavy (non-hydrogen) atoms. The van der Waals surface area contributed by atoms with Gasteiger partial charge in [-0.1, -0.05) is 152 Å². The molecule has 1 atom stereocenters. The van der Waals surface area contributed by atoms with Gasteiger partial charge in [-0.2, -0.15) is 0 Å². The minimum Gasteiger partial charge on any atom is -0.309 e. The second-order valence-corrected chi connectivity index (χ2v) is 13.6. The quantitative estimate of drug-likeness (QED) is 0.173. The average molecular weight is 666 g/mol. The summed E-state index contributed by atoms with van der Waals surface area (Å²) in [6.07, 6.45) is 7.85. The summed E-state index contributed by atoms with van der Waals surface area (Å²) in [5.74, 6) is 1.03. The summed E-state index contributed by atoms with van der Waals surface area (Å²) < 4.78 is 4.70. The molecule has 246 valence electrons. The van der Waals surface area contributed by atoms with Crippen LogP contribution in [0.2, 0.25) is 0 Å². The van der Waals surface area contributed by atoms with Crippen LogP contribution in [0.25, 0.3) is 60.9 Å². The Bertz CT molecular complexity index is 2730. The van der Waals surface area contributed by atoms with Crippen molar-refractivity contribution >= 4 is 38.4 Å². The summed E-state index contributed by atoms with van der Waals surface area (Å²) in [5, 5.41) is 2.55. The predicted molar refractivity (Wildman–Crippen MR) is 216 cm³/mol. The summed E-state index contributed by atoms with van der Waals surface area (Å²) >= 11 is 0. The molecular formula is C49H35N3. The Morgan fingerprint density at radius 2 is 0.962 bits per heavy atom. The number of aromatic nitrogens is 3. The average Bonchev–Trinajstić information content (AvgIpc) is 3.79. The lowest BCUT2D eigenvalue weighted by molar-refractivity contribution is 0.593. The van der Waals surface area contributed by atoms with Crippen molar-refractivity contribution in [3.8, 4) is 22.5 Å². The Labute approximate surface area is 303 Å². The maximum atomic E-state index is 5.34. The Morgan fingerprint density at radius 3 is 1.60 bits per heavy atom. The summed E-state index contributed by atoms with van der Waals surface area (Å²) in [6.45, 7) is 0. The number of rotatable bonds is 6. The minimum atomic E-state index is -0.433. The van der Waals surface area contributed by atoms with Crippen LogP contribution in [0.4, 0.5) is 0 Å². The molecule has 2 aromatic heterocycles. The molecule has 0 N–H and O–H groups in total. The number of imidazole rings is 1. The lowest BCUT2D eigenvalue weighted by Gasteiger charge is -2.33. The first-order chi connectivity index (χ1) is 25.8. The molecule has 0 fully saturated rings. The number of fused-ring (bicyclic) bond motifs is 4. The lowest BCUT2D eigenvalue weighted by atomic mass is 9.73. The predicted octanol–water partition coefficient (Wildman–Crippen LogP) is 12.1. The SMILES string of the molecule is C1=CC(c2ccccc2)(c2nc3ccccc3n2-c2ccccc2)CC=C1c1ccc(-c2ccc(-n3c4ccccc4c4ccccc43)cc2)cc1. The summed E-state index contributed by atoms with van der Waals surface area (Å²) in [6, 6.07) is 65.1. The van der Waals surface area contributed by atoms with Gasteiger partial charge in [-0.25, -0.2) is 4.98 Å². The first-order valence-corrected chi connectivity index (χ1v) is 17.9. The van der Waals surface area contributed by atoms with Crippen LogP contribution >= 0.6 is 0 Å². The molecule has 7 aromatic carbocycles. The van der Waals surface area contributed by atoms with E-state index in [2.05, 4.69) is 209 Å². The van der Waals surface area contributed by atoms with Crippen molar-refractivity contribution in [2.24, 2.45) is 0 Å². The van der Waals surface area contributed by atoms with Gasteiger partial charge in [0.05, 0.1) is 27.5 Å². The van der Waals surface area contributed by atoms with Crippen LogP contribution in [0.3, 0.4) is 0 Å². The van der Waals surface area contributed by atoms with Crippen molar-refractivity contribution in [1.29, 1.82) is 0 Å². The number of benzene rings is 7. The van der Waals surface area contributed by atoms with Crippen molar-refractivity contribution in [3.63, 3.8) is 0 Å². The summed E-state index contributed by atoms with van der Waals surface area (Å²) in [4.78, 5) is 5.34. The Morgan fingerprint density at radius 1 is 0.442 bits per heavy atom. The van der Waals surface area contributed by atoms with Crippen LogP contribution in [0.15, 0.2) is 200 Å². The highest BCUT2D eigenvalue weighted by Gasteiger charge is 2.38. The maximum Gasteiger partial charge on any atom is 0.129 e. The maximum absolute atomic E-state index is 5.34. The second kappa shape index (κ2) is 12.3. The molecule has 0 aliphatic heterocycles. The van der Waals surface area contributed by atoms with Gasteiger partial charge < -0.3 is 4.57 Å². The third-order valence-corrected chi connectivity index (χ3v) is 10.7.